The third-order valence-electron chi connectivity index (χ3n) is 5.63. The number of likely N-dealkylation sites (tertiary alicyclic amines) is 1. The minimum absolute atomic E-state index is 0.252. The van der Waals surface area contributed by atoms with Gasteiger partial charge in [0.2, 0.25) is 11.7 Å². The molecule has 0 saturated carbocycles. The fraction of sp³-hybridized carbons (Fsp3) is 0.579. The van der Waals surface area contributed by atoms with E-state index < -0.39 is 0 Å². The summed E-state index contributed by atoms with van der Waals surface area (Å²) in [5.74, 6) is 2.42. The predicted molar refractivity (Wildman–Crippen MR) is 91.5 cm³/mol. The Morgan fingerprint density at radius 2 is 2.00 bits per heavy atom. The molecule has 0 aliphatic carbocycles. The van der Waals surface area contributed by atoms with Crippen molar-refractivity contribution in [1.82, 2.24) is 15.0 Å². The maximum Gasteiger partial charge on any atom is 0.244 e. The maximum absolute atomic E-state index is 5.68. The first-order chi connectivity index (χ1) is 12.4. The van der Waals surface area contributed by atoms with E-state index in [0.717, 1.165) is 69.3 Å². The van der Waals surface area contributed by atoms with Crippen molar-refractivity contribution in [3.8, 4) is 17.1 Å². The van der Waals surface area contributed by atoms with Crippen molar-refractivity contribution in [2.75, 3.05) is 26.4 Å². The summed E-state index contributed by atoms with van der Waals surface area (Å²) in [7, 11) is 0. The van der Waals surface area contributed by atoms with E-state index in [9.17, 15) is 0 Å². The minimum atomic E-state index is 0.252. The van der Waals surface area contributed by atoms with Crippen molar-refractivity contribution in [2.24, 2.45) is 0 Å². The number of fused-ring (bicyclic) bond motifs is 1. The highest BCUT2D eigenvalue weighted by Gasteiger charge is 2.36. The Balaban J connectivity index is 1.38. The smallest absolute Gasteiger partial charge is 0.244 e. The van der Waals surface area contributed by atoms with E-state index in [1.54, 1.807) is 0 Å². The van der Waals surface area contributed by atoms with Crippen LogP contribution in [0.3, 0.4) is 0 Å². The normalized spacial score (nSPS) is 24.4. The van der Waals surface area contributed by atoms with E-state index >= 15 is 0 Å². The Kier molecular flexibility index (Phi) is 3.94. The van der Waals surface area contributed by atoms with Crippen LogP contribution in [-0.2, 0) is 11.2 Å². The molecule has 132 valence electrons. The lowest BCUT2D eigenvalue weighted by Crippen LogP contribution is -2.39. The number of hydrogen-bond donors (Lipinski definition) is 0. The summed E-state index contributed by atoms with van der Waals surface area (Å²) in [6, 6.07) is 6.99. The van der Waals surface area contributed by atoms with Crippen LogP contribution in [-0.4, -0.2) is 47.4 Å². The summed E-state index contributed by atoms with van der Waals surface area (Å²) in [5.41, 5.74) is 2.24. The molecular weight excluding hydrogens is 318 g/mol. The van der Waals surface area contributed by atoms with Crippen LogP contribution in [0, 0.1) is 0 Å². The minimum Gasteiger partial charge on any atom is -0.493 e. The van der Waals surface area contributed by atoms with Crippen LogP contribution < -0.4 is 4.74 Å². The van der Waals surface area contributed by atoms with Gasteiger partial charge in [0, 0.05) is 31.2 Å². The summed E-state index contributed by atoms with van der Waals surface area (Å²) < 4.78 is 16.8. The zero-order valence-corrected chi connectivity index (χ0v) is 14.3. The van der Waals surface area contributed by atoms with Crippen LogP contribution in [0.2, 0.25) is 0 Å². The van der Waals surface area contributed by atoms with Gasteiger partial charge in [-0.1, -0.05) is 5.16 Å². The van der Waals surface area contributed by atoms with Gasteiger partial charge in [0.15, 0.2) is 0 Å². The van der Waals surface area contributed by atoms with Gasteiger partial charge < -0.3 is 14.0 Å². The first-order valence-corrected chi connectivity index (χ1v) is 9.32. The van der Waals surface area contributed by atoms with E-state index in [0.29, 0.717) is 11.9 Å². The fourth-order valence-corrected chi connectivity index (χ4v) is 4.32. The Bertz CT molecular complexity index is 754. The standard InChI is InChI=1S/C19H23N3O3/c1-2-16(22(8-1)15-6-9-23-10-7-15)19-20-18(21-25-19)14-3-4-17-13(12-14)5-11-24-17/h3-4,12,15-16H,1-2,5-11H2/t16-/m1/s1. The molecule has 3 aliphatic heterocycles. The molecule has 4 heterocycles. The van der Waals surface area contributed by atoms with Crippen molar-refractivity contribution < 1.29 is 14.0 Å². The van der Waals surface area contributed by atoms with Crippen LogP contribution in [0.4, 0.5) is 0 Å². The average Bonchev–Trinajstić information content (AvgIpc) is 3.40. The first kappa shape index (κ1) is 15.3. The molecule has 5 rings (SSSR count). The van der Waals surface area contributed by atoms with E-state index in [1.807, 2.05) is 12.1 Å². The summed E-state index contributed by atoms with van der Waals surface area (Å²) in [5, 5.41) is 4.26. The average molecular weight is 341 g/mol. The molecule has 2 saturated heterocycles. The summed E-state index contributed by atoms with van der Waals surface area (Å²) in [6.07, 6.45) is 5.44. The molecule has 3 aliphatic rings. The van der Waals surface area contributed by atoms with Gasteiger partial charge in [-0.3, -0.25) is 4.90 Å². The molecule has 0 amide bonds. The lowest BCUT2D eigenvalue weighted by molar-refractivity contribution is 0.0243. The second kappa shape index (κ2) is 6.42. The molecule has 2 aromatic rings. The van der Waals surface area contributed by atoms with Gasteiger partial charge in [-0.05, 0) is 56.0 Å². The Morgan fingerprint density at radius 3 is 2.92 bits per heavy atom. The quantitative estimate of drug-likeness (QED) is 0.855. The number of hydrogen-bond acceptors (Lipinski definition) is 6. The van der Waals surface area contributed by atoms with Crippen LogP contribution in [0.5, 0.6) is 5.75 Å². The van der Waals surface area contributed by atoms with E-state index in [4.69, 9.17) is 19.0 Å². The molecular formula is C19H23N3O3. The molecule has 1 aromatic carbocycles. The molecule has 6 nitrogen and oxygen atoms in total. The van der Waals surface area contributed by atoms with Crippen molar-refractivity contribution in [3.05, 3.63) is 29.7 Å². The van der Waals surface area contributed by atoms with E-state index in [1.165, 1.54) is 12.0 Å². The van der Waals surface area contributed by atoms with E-state index in [2.05, 4.69) is 16.1 Å². The van der Waals surface area contributed by atoms with Gasteiger partial charge >= 0.3 is 0 Å². The molecule has 6 heteroatoms. The third kappa shape index (κ3) is 2.83. The van der Waals surface area contributed by atoms with Crippen LogP contribution in [0.1, 0.15) is 43.2 Å². The number of rotatable bonds is 3. The SMILES string of the molecule is c1cc2c(cc1-c1noc([C@H]3CCCN3C3CCOCC3)n1)CCO2. The lowest BCUT2D eigenvalue weighted by Gasteiger charge is -2.33. The van der Waals surface area contributed by atoms with Gasteiger partial charge in [0.05, 0.1) is 12.6 Å². The first-order valence-electron chi connectivity index (χ1n) is 9.32. The molecule has 0 spiro atoms. The summed E-state index contributed by atoms with van der Waals surface area (Å²) in [6.45, 7) is 3.60. The third-order valence-corrected chi connectivity index (χ3v) is 5.63. The van der Waals surface area contributed by atoms with Gasteiger partial charge in [-0.15, -0.1) is 0 Å². The predicted octanol–water partition coefficient (Wildman–Crippen LogP) is 2.99. The molecule has 0 unspecified atom stereocenters. The Hall–Kier alpha value is -1.92. The van der Waals surface area contributed by atoms with Gasteiger partial charge in [-0.25, -0.2) is 0 Å². The molecule has 2 fully saturated rings. The maximum atomic E-state index is 5.68. The van der Waals surface area contributed by atoms with Crippen molar-refractivity contribution in [1.29, 1.82) is 0 Å². The molecule has 0 radical (unpaired) electrons. The fourth-order valence-electron chi connectivity index (χ4n) is 4.32. The largest absolute Gasteiger partial charge is 0.493 e. The van der Waals surface area contributed by atoms with Crippen molar-refractivity contribution in [2.45, 2.75) is 44.2 Å². The second-order valence-corrected chi connectivity index (χ2v) is 7.12. The highest BCUT2D eigenvalue weighted by atomic mass is 16.5. The summed E-state index contributed by atoms with van der Waals surface area (Å²) in [4.78, 5) is 7.29. The summed E-state index contributed by atoms with van der Waals surface area (Å²) >= 11 is 0. The van der Waals surface area contributed by atoms with Gasteiger partial charge in [-0.2, -0.15) is 4.98 Å². The highest BCUT2D eigenvalue weighted by molar-refractivity contribution is 5.59. The number of benzene rings is 1. The Morgan fingerprint density at radius 1 is 1.08 bits per heavy atom. The van der Waals surface area contributed by atoms with Crippen LogP contribution in [0.25, 0.3) is 11.4 Å². The molecule has 1 atom stereocenters. The number of aromatic nitrogens is 2. The lowest BCUT2D eigenvalue weighted by atomic mass is 10.1. The molecule has 1 aromatic heterocycles. The van der Waals surface area contributed by atoms with Gasteiger partial charge in [0.25, 0.3) is 0 Å². The van der Waals surface area contributed by atoms with E-state index in [-0.39, 0.29) is 6.04 Å². The Labute approximate surface area is 147 Å². The van der Waals surface area contributed by atoms with Gasteiger partial charge in [0.1, 0.15) is 5.75 Å². The van der Waals surface area contributed by atoms with Crippen LogP contribution in [0.15, 0.2) is 22.7 Å². The highest BCUT2D eigenvalue weighted by Crippen LogP contribution is 2.36. The zero-order chi connectivity index (χ0) is 16.6. The van der Waals surface area contributed by atoms with Crippen molar-refractivity contribution >= 4 is 0 Å². The second-order valence-electron chi connectivity index (χ2n) is 7.12. The van der Waals surface area contributed by atoms with Crippen molar-refractivity contribution in [3.63, 3.8) is 0 Å². The zero-order valence-electron chi connectivity index (χ0n) is 14.3. The number of nitrogens with zero attached hydrogens (tertiary/aromatic N) is 3. The monoisotopic (exact) mass is 341 g/mol. The molecule has 0 N–H and O–H groups in total. The topological polar surface area (TPSA) is 60.6 Å². The molecule has 25 heavy (non-hydrogen) atoms. The number of ether oxygens (including phenoxy) is 2. The molecule has 0 bridgehead atoms. The van der Waals surface area contributed by atoms with Crippen LogP contribution >= 0.6 is 0 Å².